The Hall–Kier alpha value is -3.94. The Kier molecular flexibility index (Phi) is 6.12. The average molecular weight is 459 g/mol. The fourth-order valence-corrected chi connectivity index (χ4v) is 3.98. The summed E-state index contributed by atoms with van der Waals surface area (Å²) >= 11 is 0. The maximum Gasteiger partial charge on any atom is 0.339 e. The van der Waals surface area contributed by atoms with Gasteiger partial charge in [0.05, 0.1) is 29.4 Å². The zero-order valence-corrected chi connectivity index (χ0v) is 19.2. The molecule has 0 radical (unpaired) electrons. The van der Waals surface area contributed by atoms with Gasteiger partial charge < -0.3 is 14.2 Å². The van der Waals surface area contributed by atoms with Crippen molar-refractivity contribution in [1.82, 2.24) is 19.7 Å². The minimum Gasteiger partial charge on any atom is -0.486 e. The van der Waals surface area contributed by atoms with Gasteiger partial charge in [0.15, 0.2) is 17.1 Å². The molecule has 0 N–H and O–H groups in total. The topological polar surface area (TPSA) is 88.4 Å². The first-order chi connectivity index (χ1) is 16.6. The van der Waals surface area contributed by atoms with Crippen LogP contribution in [0.5, 0.6) is 11.5 Å². The predicted octanol–water partition coefficient (Wildman–Crippen LogP) is 4.64. The number of fused-ring (bicyclic) bond motifs is 2. The number of benzene rings is 1. The summed E-state index contributed by atoms with van der Waals surface area (Å²) in [6, 6.07) is 11.4. The molecule has 8 heteroatoms. The van der Waals surface area contributed by atoms with E-state index < -0.39 is 0 Å². The first-order valence-corrected chi connectivity index (χ1v) is 11.4. The van der Waals surface area contributed by atoms with Crippen molar-refractivity contribution in [3.05, 3.63) is 66.1 Å². The highest BCUT2D eigenvalue weighted by Gasteiger charge is 2.21. The third-order valence-corrected chi connectivity index (χ3v) is 5.68. The number of aromatic nitrogens is 4. The maximum absolute atomic E-state index is 13.1. The lowest BCUT2D eigenvalue weighted by molar-refractivity contribution is 0.0503. The van der Waals surface area contributed by atoms with Crippen molar-refractivity contribution in [2.75, 3.05) is 19.8 Å². The van der Waals surface area contributed by atoms with E-state index in [2.05, 4.69) is 10.1 Å². The van der Waals surface area contributed by atoms with Crippen LogP contribution in [0.25, 0.3) is 22.3 Å². The van der Waals surface area contributed by atoms with E-state index in [0.29, 0.717) is 60.0 Å². The molecule has 0 saturated carbocycles. The molecular weight excluding hydrogens is 432 g/mol. The number of nitrogens with zero attached hydrogens (tertiary/aromatic N) is 4. The van der Waals surface area contributed by atoms with Crippen LogP contribution in [0.3, 0.4) is 0 Å². The summed E-state index contributed by atoms with van der Waals surface area (Å²) in [5.41, 5.74) is 3.68. The Balaban J connectivity index is 1.44. The average Bonchev–Trinajstić information content (AvgIpc) is 3.31. The highest BCUT2D eigenvalue weighted by Crippen LogP contribution is 2.35. The zero-order valence-electron chi connectivity index (χ0n) is 19.2. The Morgan fingerprint density at radius 2 is 1.97 bits per heavy atom. The maximum atomic E-state index is 13.1. The van der Waals surface area contributed by atoms with E-state index >= 15 is 0 Å². The fraction of sp³-hybridized carbons (Fsp3) is 0.308. The van der Waals surface area contributed by atoms with Gasteiger partial charge >= 0.3 is 5.97 Å². The van der Waals surface area contributed by atoms with Crippen molar-refractivity contribution >= 4 is 17.0 Å². The van der Waals surface area contributed by atoms with Crippen LogP contribution >= 0.6 is 0 Å². The number of hydrogen-bond donors (Lipinski definition) is 0. The van der Waals surface area contributed by atoms with E-state index in [4.69, 9.17) is 19.2 Å². The fourth-order valence-electron chi connectivity index (χ4n) is 3.98. The predicted molar refractivity (Wildman–Crippen MR) is 127 cm³/mol. The molecule has 0 fully saturated rings. The summed E-state index contributed by atoms with van der Waals surface area (Å²) in [4.78, 5) is 22.1. The van der Waals surface area contributed by atoms with Gasteiger partial charge in [0.25, 0.3) is 0 Å². The number of hydrogen-bond acceptors (Lipinski definition) is 7. The van der Waals surface area contributed by atoms with Crippen molar-refractivity contribution in [3.8, 4) is 22.8 Å². The summed E-state index contributed by atoms with van der Waals surface area (Å²) in [6.45, 7) is 5.40. The molecule has 0 amide bonds. The van der Waals surface area contributed by atoms with Gasteiger partial charge in [-0.3, -0.25) is 4.98 Å². The van der Waals surface area contributed by atoms with Crippen molar-refractivity contribution in [2.24, 2.45) is 0 Å². The number of ether oxygens (including phenoxy) is 3. The largest absolute Gasteiger partial charge is 0.486 e. The first kappa shape index (κ1) is 21.9. The summed E-state index contributed by atoms with van der Waals surface area (Å²) in [5.74, 6) is 0.986. The van der Waals surface area contributed by atoms with Crippen LogP contribution in [-0.2, 0) is 11.2 Å². The minimum atomic E-state index is -0.388. The lowest BCUT2D eigenvalue weighted by Crippen LogP contribution is -2.15. The molecule has 1 aliphatic heterocycles. The number of pyridine rings is 2. The van der Waals surface area contributed by atoms with Crippen molar-refractivity contribution in [2.45, 2.75) is 32.7 Å². The van der Waals surface area contributed by atoms with Crippen LogP contribution in [0.15, 0.2) is 55.0 Å². The molecule has 0 aliphatic carbocycles. The molecule has 5 rings (SSSR count). The smallest absolute Gasteiger partial charge is 0.339 e. The number of carbonyl (C=O) groups is 1. The second kappa shape index (κ2) is 9.51. The van der Waals surface area contributed by atoms with Gasteiger partial charge in [-0.1, -0.05) is 6.07 Å². The van der Waals surface area contributed by atoms with E-state index in [1.54, 1.807) is 18.5 Å². The Bertz CT molecular complexity index is 1320. The third kappa shape index (κ3) is 4.44. The zero-order chi connectivity index (χ0) is 23.5. The van der Waals surface area contributed by atoms with Gasteiger partial charge in [-0.15, -0.1) is 0 Å². The Morgan fingerprint density at radius 1 is 1.12 bits per heavy atom. The second-order valence-corrected chi connectivity index (χ2v) is 8.43. The van der Waals surface area contributed by atoms with Gasteiger partial charge in [-0.2, -0.15) is 5.10 Å². The van der Waals surface area contributed by atoms with Crippen molar-refractivity contribution in [3.63, 3.8) is 0 Å². The standard InChI is InChI=1S/C26H26N4O4/c1-17(2)30-25-21(16-28-30)20(26(31)34-10-4-6-18-5-3-9-27-15-18)14-22(29-25)19-7-8-23-24(13-19)33-12-11-32-23/h3,5,7-9,13-17H,4,6,10-12H2,1-2H3. The third-order valence-electron chi connectivity index (χ3n) is 5.68. The lowest BCUT2D eigenvalue weighted by Gasteiger charge is -2.19. The highest BCUT2D eigenvalue weighted by molar-refractivity contribution is 6.03. The van der Waals surface area contributed by atoms with E-state index in [9.17, 15) is 4.79 Å². The van der Waals surface area contributed by atoms with Gasteiger partial charge in [0.2, 0.25) is 0 Å². The van der Waals surface area contributed by atoms with Gasteiger partial charge in [0.1, 0.15) is 13.2 Å². The molecule has 3 aromatic heterocycles. The highest BCUT2D eigenvalue weighted by atomic mass is 16.6. The van der Waals surface area contributed by atoms with Gasteiger partial charge in [-0.05, 0) is 62.6 Å². The van der Waals surface area contributed by atoms with Crippen LogP contribution in [0.1, 0.15) is 42.2 Å². The monoisotopic (exact) mass is 458 g/mol. The number of rotatable bonds is 7. The molecule has 1 aromatic carbocycles. The molecule has 0 atom stereocenters. The van der Waals surface area contributed by atoms with Gasteiger partial charge in [0, 0.05) is 24.0 Å². The van der Waals surface area contributed by atoms with Crippen LogP contribution in [0.4, 0.5) is 0 Å². The van der Waals surface area contributed by atoms with E-state index in [1.165, 1.54) is 0 Å². The quantitative estimate of drug-likeness (QED) is 0.295. The summed E-state index contributed by atoms with van der Waals surface area (Å²) in [6.07, 6.45) is 6.76. The molecule has 0 saturated heterocycles. The Morgan fingerprint density at radius 3 is 2.76 bits per heavy atom. The molecule has 34 heavy (non-hydrogen) atoms. The Labute approximate surface area is 197 Å². The molecule has 1 aliphatic rings. The lowest BCUT2D eigenvalue weighted by atomic mass is 10.1. The van der Waals surface area contributed by atoms with Crippen molar-refractivity contribution < 1.29 is 19.0 Å². The van der Waals surface area contributed by atoms with Crippen LogP contribution in [0, 0.1) is 0 Å². The molecule has 4 aromatic rings. The SMILES string of the molecule is CC(C)n1ncc2c(C(=O)OCCCc3cccnc3)cc(-c3ccc4c(c3)OCCO4)nc21. The van der Waals surface area contributed by atoms with E-state index in [0.717, 1.165) is 17.5 Å². The molecule has 174 valence electrons. The second-order valence-electron chi connectivity index (χ2n) is 8.43. The summed E-state index contributed by atoms with van der Waals surface area (Å²) in [7, 11) is 0. The molecular formula is C26H26N4O4. The summed E-state index contributed by atoms with van der Waals surface area (Å²) < 4.78 is 18.8. The normalized spacial score (nSPS) is 12.8. The first-order valence-electron chi connectivity index (χ1n) is 11.4. The molecule has 0 spiro atoms. The minimum absolute atomic E-state index is 0.0869. The number of carbonyl (C=O) groups excluding carboxylic acids is 1. The van der Waals surface area contributed by atoms with Crippen LogP contribution in [0.2, 0.25) is 0 Å². The molecule has 4 heterocycles. The van der Waals surface area contributed by atoms with E-state index in [1.807, 2.05) is 55.1 Å². The molecule has 0 unspecified atom stereocenters. The summed E-state index contributed by atoms with van der Waals surface area (Å²) in [5, 5.41) is 5.15. The number of aryl methyl sites for hydroxylation is 1. The molecule has 0 bridgehead atoms. The molecule has 8 nitrogen and oxygen atoms in total. The van der Waals surface area contributed by atoms with Gasteiger partial charge in [-0.25, -0.2) is 14.5 Å². The van der Waals surface area contributed by atoms with E-state index in [-0.39, 0.29) is 12.0 Å². The number of esters is 1. The van der Waals surface area contributed by atoms with Crippen LogP contribution in [-0.4, -0.2) is 45.5 Å². The van der Waals surface area contributed by atoms with Crippen LogP contribution < -0.4 is 9.47 Å². The van der Waals surface area contributed by atoms with Crippen molar-refractivity contribution in [1.29, 1.82) is 0 Å².